The van der Waals surface area contributed by atoms with Crippen molar-refractivity contribution in [3.8, 4) is 5.75 Å². The van der Waals surface area contributed by atoms with Gasteiger partial charge in [-0.25, -0.2) is 0 Å². The number of amides is 1. The molecule has 2 fully saturated rings. The molecule has 28 heavy (non-hydrogen) atoms. The van der Waals surface area contributed by atoms with Crippen LogP contribution < -0.4 is 4.74 Å². The van der Waals surface area contributed by atoms with Crippen molar-refractivity contribution in [2.75, 3.05) is 20.2 Å². The number of fused-ring (bicyclic) bond motifs is 1. The van der Waals surface area contributed by atoms with Crippen molar-refractivity contribution in [2.24, 2.45) is 0 Å². The fourth-order valence-corrected chi connectivity index (χ4v) is 5.13. The smallest absolute Gasteiger partial charge is 0.219 e. The van der Waals surface area contributed by atoms with Crippen molar-refractivity contribution in [1.82, 2.24) is 9.80 Å². The number of carbonyl (C=O) groups excluding carboxylic acids is 1. The summed E-state index contributed by atoms with van der Waals surface area (Å²) in [5.41, 5.74) is 3.96. The number of hydrogen-bond donors (Lipinski definition) is 0. The Labute approximate surface area is 168 Å². The highest BCUT2D eigenvalue weighted by molar-refractivity contribution is 5.74. The van der Waals surface area contributed by atoms with E-state index in [1.807, 2.05) is 12.1 Å². The number of ether oxygens (including phenoxy) is 1. The van der Waals surface area contributed by atoms with Gasteiger partial charge in [0.1, 0.15) is 5.75 Å². The molecule has 4 heteroatoms. The van der Waals surface area contributed by atoms with Gasteiger partial charge in [-0.15, -0.1) is 0 Å². The Bertz CT molecular complexity index is 833. The minimum absolute atomic E-state index is 0.198. The summed E-state index contributed by atoms with van der Waals surface area (Å²) in [5, 5.41) is 0. The lowest BCUT2D eigenvalue weighted by molar-refractivity contribution is -0.130. The molecule has 4 nitrogen and oxygen atoms in total. The number of aryl methyl sites for hydroxylation is 1. The zero-order valence-electron chi connectivity index (χ0n) is 17.1. The maximum absolute atomic E-state index is 12.4. The molecular weight excluding hydrogens is 348 g/mol. The molecule has 4 rings (SSSR count). The Morgan fingerprint density at radius 3 is 2.64 bits per heavy atom. The first-order chi connectivity index (χ1) is 13.6. The molecule has 2 aromatic carbocycles. The molecule has 0 radical (unpaired) electrons. The number of hydrogen-bond acceptors (Lipinski definition) is 3. The standard InChI is InChI=1S/C24H30N2O2/c1-17-6-4-7-19(14-17)15-25-13-5-8-23-24(25)22(16-26(23)18(2)27)20-9-11-21(28-3)12-10-20/h4,6-7,9-12,14,22-24H,5,8,13,15-16H2,1-3H3/t22-,23-,24-/m1/s1. The number of rotatable bonds is 4. The van der Waals surface area contributed by atoms with E-state index in [-0.39, 0.29) is 5.91 Å². The molecule has 2 heterocycles. The van der Waals surface area contributed by atoms with Crippen LogP contribution in [-0.2, 0) is 11.3 Å². The van der Waals surface area contributed by atoms with Gasteiger partial charge < -0.3 is 9.64 Å². The van der Waals surface area contributed by atoms with Crippen LogP contribution >= 0.6 is 0 Å². The third-order valence-electron chi connectivity index (χ3n) is 6.38. The van der Waals surface area contributed by atoms with Crippen molar-refractivity contribution in [1.29, 1.82) is 0 Å². The van der Waals surface area contributed by atoms with Gasteiger partial charge in [-0.05, 0) is 49.6 Å². The van der Waals surface area contributed by atoms with E-state index in [9.17, 15) is 4.79 Å². The van der Waals surface area contributed by atoms with E-state index in [1.54, 1.807) is 14.0 Å². The highest BCUT2D eigenvalue weighted by Crippen LogP contribution is 2.41. The minimum Gasteiger partial charge on any atom is -0.497 e. The minimum atomic E-state index is 0.198. The average Bonchev–Trinajstić information content (AvgIpc) is 3.09. The van der Waals surface area contributed by atoms with E-state index in [0.29, 0.717) is 18.0 Å². The second-order valence-corrected chi connectivity index (χ2v) is 8.21. The molecule has 2 aromatic rings. The summed E-state index contributed by atoms with van der Waals surface area (Å²) in [6.45, 7) is 6.71. The molecule has 2 aliphatic rings. The molecule has 3 atom stereocenters. The van der Waals surface area contributed by atoms with Gasteiger partial charge in [-0.3, -0.25) is 9.69 Å². The van der Waals surface area contributed by atoms with Crippen LogP contribution in [0.25, 0.3) is 0 Å². The third-order valence-corrected chi connectivity index (χ3v) is 6.38. The number of carbonyl (C=O) groups is 1. The summed E-state index contributed by atoms with van der Waals surface area (Å²) in [5.74, 6) is 1.41. The van der Waals surface area contributed by atoms with E-state index < -0.39 is 0 Å². The quantitative estimate of drug-likeness (QED) is 0.807. The summed E-state index contributed by atoms with van der Waals surface area (Å²) in [6.07, 6.45) is 2.24. The zero-order chi connectivity index (χ0) is 19.7. The van der Waals surface area contributed by atoms with Crippen LogP contribution in [0.15, 0.2) is 48.5 Å². The topological polar surface area (TPSA) is 32.8 Å². The van der Waals surface area contributed by atoms with Crippen molar-refractivity contribution < 1.29 is 9.53 Å². The van der Waals surface area contributed by atoms with Crippen LogP contribution in [0.2, 0.25) is 0 Å². The lowest BCUT2D eigenvalue weighted by Gasteiger charge is -2.41. The van der Waals surface area contributed by atoms with E-state index in [1.165, 1.54) is 16.7 Å². The van der Waals surface area contributed by atoms with Gasteiger partial charge in [0.15, 0.2) is 0 Å². The molecule has 0 saturated carbocycles. The Hall–Kier alpha value is -2.33. The number of benzene rings is 2. The lowest BCUT2D eigenvalue weighted by atomic mass is 9.85. The largest absolute Gasteiger partial charge is 0.497 e. The molecular formula is C24H30N2O2. The predicted octanol–water partition coefficient (Wildman–Crippen LogP) is 3.98. The summed E-state index contributed by atoms with van der Waals surface area (Å²) in [7, 11) is 1.70. The molecule has 0 unspecified atom stereocenters. The molecule has 2 saturated heterocycles. The average molecular weight is 379 g/mol. The zero-order valence-corrected chi connectivity index (χ0v) is 17.1. The Balaban J connectivity index is 1.65. The summed E-state index contributed by atoms with van der Waals surface area (Å²) < 4.78 is 5.33. The number of likely N-dealkylation sites (tertiary alicyclic amines) is 2. The van der Waals surface area contributed by atoms with Gasteiger partial charge in [0.2, 0.25) is 5.91 Å². The summed E-state index contributed by atoms with van der Waals surface area (Å²) in [6, 6.07) is 17.9. The molecule has 0 spiro atoms. The van der Waals surface area contributed by atoms with Gasteiger partial charge in [0.25, 0.3) is 0 Å². The van der Waals surface area contributed by atoms with Crippen molar-refractivity contribution in [2.45, 2.75) is 51.2 Å². The molecule has 0 aliphatic carbocycles. The van der Waals surface area contributed by atoms with Crippen LogP contribution in [-0.4, -0.2) is 48.0 Å². The normalized spacial score (nSPS) is 24.8. The number of nitrogens with zero attached hydrogens (tertiary/aromatic N) is 2. The predicted molar refractivity (Wildman–Crippen MR) is 112 cm³/mol. The first-order valence-electron chi connectivity index (χ1n) is 10.3. The molecule has 0 N–H and O–H groups in total. The maximum Gasteiger partial charge on any atom is 0.219 e. The molecule has 0 aromatic heterocycles. The second-order valence-electron chi connectivity index (χ2n) is 8.21. The number of piperidine rings is 1. The Morgan fingerprint density at radius 1 is 1.18 bits per heavy atom. The first-order valence-corrected chi connectivity index (χ1v) is 10.3. The Kier molecular flexibility index (Phi) is 5.40. The van der Waals surface area contributed by atoms with Crippen LogP contribution in [0.4, 0.5) is 0 Å². The maximum atomic E-state index is 12.4. The van der Waals surface area contributed by atoms with Crippen molar-refractivity contribution in [3.05, 3.63) is 65.2 Å². The van der Waals surface area contributed by atoms with E-state index in [4.69, 9.17) is 4.74 Å². The fourth-order valence-electron chi connectivity index (χ4n) is 5.13. The van der Waals surface area contributed by atoms with E-state index in [0.717, 1.165) is 38.2 Å². The highest BCUT2D eigenvalue weighted by Gasteiger charge is 2.47. The molecule has 1 amide bonds. The van der Waals surface area contributed by atoms with E-state index >= 15 is 0 Å². The summed E-state index contributed by atoms with van der Waals surface area (Å²) in [4.78, 5) is 17.1. The second kappa shape index (κ2) is 7.96. The van der Waals surface area contributed by atoms with Crippen molar-refractivity contribution >= 4 is 5.91 Å². The van der Waals surface area contributed by atoms with E-state index in [2.05, 4.69) is 53.1 Å². The van der Waals surface area contributed by atoms with Gasteiger partial charge in [0, 0.05) is 38.0 Å². The van der Waals surface area contributed by atoms with Crippen molar-refractivity contribution in [3.63, 3.8) is 0 Å². The molecule has 2 aliphatic heterocycles. The first kappa shape index (κ1) is 19.0. The summed E-state index contributed by atoms with van der Waals surface area (Å²) >= 11 is 0. The third kappa shape index (κ3) is 3.66. The SMILES string of the molecule is COc1ccc([C@H]2CN(C(C)=O)[C@@H]3CCCN(Cc4cccc(C)c4)[C@H]23)cc1. The monoisotopic (exact) mass is 378 g/mol. The van der Waals surface area contributed by atoms with Gasteiger partial charge >= 0.3 is 0 Å². The van der Waals surface area contributed by atoms with Gasteiger partial charge in [0.05, 0.1) is 7.11 Å². The molecule has 148 valence electrons. The molecule has 0 bridgehead atoms. The van der Waals surface area contributed by atoms with Gasteiger partial charge in [-0.1, -0.05) is 42.0 Å². The lowest BCUT2D eigenvalue weighted by Crippen LogP contribution is -2.51. The van der Waals surface area contributed by atoms with Crippen LogP contribution in [0, 0.1) is 6.92 Å². The van der Waals surface area contributed by atoms with Crippen LogP contribution in [0.1, 0.15) is 42.4 Å². The van der Waals surface area contributed by atoms with Gasteiger partial charge in [-0.2, -0.15) is 0 Å². The Morgan fingerprint density at radius 2 is 1.96 bits per heavy atom. The van der Waals surface area contributed by atoms with Crippen LogP contribution in [0.5, 0.6) is 5.75 Å². The highest BCUT2D eigenvalue weighted by atomic mass is 16.5. The fraction of sp³-hybridized carbons (Fsp3) is 0.458. The van der Waals surface area contributed by atoms with Crippen LogP contribution in [0.3, 0.4) is 0 Å². The number of methoxy groups -OCH3 is 1.